The maximum Gasteiger partial charge on any atom is 0.245 e. The van der Waals surface area contributed by atoms with Crippen molar-refractivity contribution in [2.45, 2.75) is 0 Å². The van der Waals surface area contributed by atoms with Crippen LogP contribution in [0.2, 0.25) is 0 Å². The number of nitrogen functional groups attached to an aromatic ring is 1. The molecule has 13 heavy (non-hydrogen) atoms. The second-order valence-corrected chi connectivity index (χ2v) is 4.35. The zero-order valence-corrected chi connectivity index (χ0v) is 7.82. The van der Waals surface area contributed by atoms with Gasteiger partial charge in [0.05, 0.1) is 18.1 Å². The third-order valence-corrected chi connectivity index (χ3v) is 2.34. The van der Waals surface area contributed by atoms with Crippen molar-refractivity contribution in [2.75, 3.05) is 16.4 Å². The molecule has 0 aliphatic heterocycles. The van der Waals surface area contributed by atoms with Crippen LogP contribution < -0.4 is 16.0 Å². The van der Waals surface area contributed by atoms with Crippen molar-refractivity contribution < 1.29 is 8.42 Å². The molecule has 1 rings (SSSR count). The monoisotopic (exact) mass is 202 g/mol. The Kier molecular flexibility index (Phi) is 2.39. The molecule has 6 nitrogen and oxygen atoms in total. The molecule has 0 spiro atoms. The summed E-state index contributed by atoms with van der Waals surface area (Å²) in [6.07, 6.45) is 3.73. The summed E-state index contributed by atoms with van der Waals surface area (Å²) < 4.78 is 22.6. The average Bonchev–Trinajstić information content (AvgIpc) is 2.02. The third-order valence-electron chi connectivity index (χ3n) is 1.43. The van der Waals surface area contributed by atoms with Crippen LogP contribution in [0.4, 0.5) is 11.4 Å². The molecule has 0 aliphatic carbocycles. The Hall–Kier alpha value is -1.34. The van der Waals surface area contributed by atoms with Crippen molar-refractivity contribution >= 4 is 21.4 Å². The topological polar surface area (TPSA) is 102 Å². The van der Waals surface area contributed by atoms with Crippen molar-refractivity contribution in [3.63, 3.8) is 0 Å². The van der Waals surface area contributed by atoms with Crippen LogP contribution in [-0.4, -0.2) is 19.7 Å². The van der Waals surface area contributed by atoms with E-state index >= 15 is 0 Å². The van der Waals surface area contributed by atoms with Crippen LogP contribution in [-0.2, 0) is 10.0 Å². The second kappa shape index (κ2) is 3.19. The molecule has 0 atom stereocenters. The van der Waals surface area contributed by atoms with Gasteiger partial charge in [0.2, 0.25) is 10.0 Å². The molecule has 4 N–H and O–H groups in total. The molecule has 0 fully saturated rings. The van der Waals surface area contributed by atoms with Crippen LogP contribution >= 0.6 is 0 Å². The minimum atomic E-state index is -3.49. The van der Waals surface area contributed by atoms with Crippen molar-refractivity contribution in [2.24, 2.45) is 5.84 Å². The van der Waals surface area contributed by atoms with E-state index < -0.39 is 10.0 Å². The molecule has 0 saturated carbocycles. The van der Waals surface area contributed by atoms with E-state index in [4.69, 9.17) is 11.6 Å². The largest absolute Gasteiger partial charge is 0.397 e. The van der Waals surface area contributed by atoms with Gasteiger partial charge >= 0.3 is 0 Å². The van der Waals surface area contributed by atoms with Gasteiger partial charge in [0, 0.05) is 6.20 Å². The van der Waals surface area contributed by atoms with Crippen LogP contribution in [0.3, 0.4) is 0 Å². The number of nitrogens with two attached hydrogens (primary N) is 2. The lowest BCUT2D eigenvalue weighted by Crippen LogP contribution is -2.37. The standard InChI is InChI=1S/C6H10N4O2S/c1-13(11,12)10(8)6-4-9-3-2-5(6)7/h2-4H,8H2,1H3,(H2,7,9). The first-order valence-corrected chi connectivity index (χ1v) is 5.22. The first-order valence-electron chi connectivity index (χ1n) is 3.37. The van der Waals surface area contributed by atoms with Crippen molar-refractivity contribution in [1.29, 1.82) is 0 Å². The molecule has 0 amide bonds. The lowest BCUT2D eigenvalue weighted by atomic mass is 10.4. The highest BCUT2D eigenvalue weighted by atomic mass is 32.2. The van der Waals surface area contributed by atoms with E-state index in [2.05, 4.69) is 4.98 Å². The fraction of sp³-hybridized carbons (Fsp3) is 0.167. The number of anilines is 2. The molecule has 0 radical (unpaired) electrons. The highest BCUT2D eigenvalue weighted by molar-refractivity contribution is 7.92. The van der Waals surface area contributed by atoms with Gasteiger partial charge in [0.25, 0.3) is 0 Å². The molecule has 1 aromatic rings. The minimum Gasteiger partial charge on any atom is -0.397 e. The summed E-state index contributed by atoms with van der Waals surface area (Å²) in [6.45, 7) is 0. The van der Waals surface area contributed by atoms with Crippen molar-refractivity contribution in [1.82, 2.24) is 4.98 Å². The number of pyridine rings is 1. The van der Waals surface area contributed by atoms with E-state index in [1.54, 1.807) is 0 Å². The Morgan fingerprint density at radius 2 is 2.15 bits per heavy atom. The fourth-order valence-electron chi connectivity index (χ4n) is 0.760. The number of hydrogen-bond donors (Lipinski definition) is 2. The number of rotatable bonds is 2. The van der Waals surface area contributed by atoms with E-state index in [-0.39, 0.29) is 11.4 Å². The highest BCUT2D eigenvalue weighted by Gasteiger charge is 2.14. The van der Waals surface area contributed by atoms with Crippen molar-refractivity contribution in [3.05, 3.63) is 18.5 Å². The van der Waals surface area contributed by atoms with E-state index in [0.29, 0.717) is 4.41 Å². The number of hydrogen-bond acceptors (Lipinski definition) is 5. The Bertz CT molecular complexity index is 403. The lowest BCUT2D eigenvalue weighted by Gasteiger charge is -2.16. The first-order chi connectivity index (χ1) is 5.93. The van der Waals surface area contributed by atoms with Crippen LogP contribution in [0, 0.1) is 0 Å². The quantitative estimate of drug-likeness (QED) is 0.488. The van der Waals surface area contributed by atoms with Crippen LogP contribution in [0.1, 0.15) is 0 Å². The normalized spacial score (nSPS) is 11.2. The summed E-state index contributed by atoms with van der Waals surface area (Å²) in [4.78, 5) is 3.71. The molecular formula is C6H10N4O2S. The molecule has 1 aromatic heterocycles. The number of aromatic nitrogens is 1. The Morgan fingerprint density at radius 1 is 1.54 bits per heavy atom. The maximum absolute atomic E-state index is 11.0. The van der Waals surface area contributed by atoms with E-state index in [0.717, 1.165) is 6.26 Å². The number of hydrazine groups is 1. The second-order valence-electron chi connectivity index (χ2n) is 2.49. The summed E-state index contributed by atoms with van der Waals surface area (Å²) in [5.74, 6) is 5.30. The Morgan fingerprint density at radius 3 is 2.62 bits per heavy atom. The molecule has 72 valence electrons. The van der Waals surface area contributed by atoms with Crippen LogP contribution in [0.15, 0.2) is 18.5 Å². The van der Waals surface area contributed by atoms with Gasteiger partial charge in [0.1, 0.15) is 5.69 Å². The number of nitrogens with zero attached hydrogens (tertiary/aromatic N) is 2. The van der Waals surface area contributed by atoms with E-state index in [1.807, 2.05) is 0 Å². The molecule has 0 unspecified atom stereocenters. The summed E-state index contributed by atoms with van der Waals surface area (Å²) in [7, 11) is -3.49. The molecule has 1 heterocycles. The SMILES string of the molecule is CS(=O)(=O)N(N)c1cnccc1N. The zero-order chi connectivity index (χ0) is 10.1. The molecule has 0 aliphatic rings. The molecule has 0 saturated heterocycles. The Labute approximate surface area is 76.2 Å². The third kappa shape index (κ3) is 2.07. The molecule has 0 aromatic carbocycles. The predicted molar refractivity (Wildman–Crippen MR) is 50.2 cm³/mol. The average molecular weight is 202 g/mol. The van der Waals surface area contributed by atoms with Gasteiger partial charge < -0.3 is 5.73 Å². The van der Waals surface area contributed by atoms with Gasteiger partial charge in [-0.3, -0.25) is 4.98 Å². The van der Waals surface area contributed by atoms with Crippen LogP contribution in [0.5, 0.6) is 0 Å². The minimum absolute atomic E-state index is 0.171. The summed E-state index contributed by atoms with van der Waals surface area (Å²) in [5, 5.41) is 0. The molecule has 0 bridgehead atoms. The van der Waals surface area contributed by atoms with Crippen molar-refractivity contribution in [3.8, 4) is 0 Å². The van der Waals surface area contributed by atoms with Crippen LogP contribution in [0.25, 0.3) is 0 Å². The molecule has 7 heteroatoms. The summed E-state index contributed by atoms with van der Waals surface area (Å²) >= 11 is 0. The van der Waals surface area contributed by atoms with Gasteiger partial charge in [-0.1, -0.05) is 0 Å². The Balaban J connectivity index is 3.17. The summed E-state index contributed by atoms with van der Waals surface area (Å²) in [6, 6.07) is 1.47. The van der Waals surface area contributed by atoms with Gasteiger partial charge in [-0.15, -0.1) is 0 Å². The maximum atomic E-state index is 11.0. The van der Waals surface area contributed by atoms with E-state index in [1.165, 1.54) is 18.5 Å². The van der Waals surface area contributed by atoms with Gasteiger partial charge in [-0.05, 0) is 6.07 Å². The smallest absolute Gasteiger partial charge is 0.245 e. The van der Waals surface area contributed by atoms with Gasteiger partial charge in [-0.2, -0.15) is 0 Å². The van der Waals surface area contributed by atoms with E-state index in [9.17, 15) is 8.42 Å². The highest BCUT2D eigenvalue weighted by Crippen LogP contribution is 2.19. The zero-order valence-electron chi connectivity index (χ0n) is 7.01. The lowest BCUT2D eigenvalue weighted by molar-refractivity contribution is 0.598. The first kappa shape index (κ1) is 9.75. The van der Waals surface area contributed by atoms with Gasteiger partial charge in [0.15, 0.2) is 0 Å². The number of sulfonamides is 1. The fourth-order valence-corrected chi connectivity index (χ4v) is 1.27. The molecular weight excluding hydrogens is 192 g/mol. The predicted octanol–water partition coefficient (Wildman–Crippen LogP) is -0.696. The summed E-state index contributed by atoms with van der Waals surface area (Å²) in [5.41, 5.74) is 5.93. The van der Waals surface area contributed by atoms with Gasteiger partial charge in [-0.25, -0.2) is 18.7 Å².